The Bertz CT molecular complexity index is 926. The quantitative estimate of drug-likeness (QED) is 0.428. The lowest BCUT2D eigenvalue weighted by atomic mass is 10.1. The summed E-state index contributed by atoms with van der Waals surface area (Å²) in [5.41, 5.74) is 1.28. The lowest BCUT2D eigenvalue weighted by Gasteiger charge is -2.12. The van der Waals surface area contributed by atoms with Gasteiger partial charge in [0.2, 0.25) is 0 Å². The van der Waals surface area contributed by atoms with Gasteiger partial charge in [-0.1, -0.05) is 52.5 Å². The summed E-state index contributed by atoms with van der Waals surface area (Å²) in [6.45, 7) is 0.189. The molecule has 0 radical (unpaired) electrons. The fourth-order valence-corrected chi connectivity index (χ4v) is 3.07. The van der Waals surface area contributed by atoms with E-state index in [4.69, 9.17) is 51.1 Å². The summed E-state index contributed by atoms with van der Waals surface area (Å²) in [5, 5.41) is 10.6. The van der Waals surface area contributed by atoms with Crippen LogP contribution in [0.1, 0.15) is 11.1 Å². The lowest BCUT2D eigenvalue weighted by Crippen LogP contribution is -2.22. The third kappa shape index (κ3) is 5.54. The van der Waals surface area contributed by atoms with E-state index in [-0.39, 0.29) is 22.2 Å². The topological polar surface area (TPSA) is 53.3 Å². The van der Waals surface area contributed by atoms with E-state index in [0.717, 1.165) is 5.56 Å². The Morgan fingerprint density at radius 1 is 1.07 bits per heavy atom. The molecule has 0 spiro atoms. The van der Waals surface area contributed by atoms with Gasteiger partial charge in [-0.05, 0) is 41.5 Å². The van der Waals surface area contributed by atoms with Crippen LogP contribution >= 0.6 is 46.4 Å². The number of carbonyl (C=O) groups is 1. The normalized spacial score (nSPS) is 11.1. The van der Waals surface area contributed by atoms with Crippen molar-refractivity contribution in [3.05, 3.63) is 67.1 Å². The van der Waals surface area contributed by atoms with Gasteiger partial charge in [0, 0.05) is 14.1 Å². The first kappa shape index (κ1) is 21.4. The van der Waals surface area contributed by atoms with E-state index in [2.05, 4.69) is 0 Å². The number of nitriles is 1. The van der Waals surface area contributed by atoms with Crippen LogP contribution in [0.4, 0.5) is 0 Å². The number of carbonyl (C=O) groups excluding carboxylic acids is 1. The molecule has 27 heavy (non-hydrogen) atoms. The van der Waals surface area contributed by atoms with Crippen LogP contribution in [0.5, 0.6) is 5.75 Å². The van der Waals surface area contributed by atoms with Crippen LogP contribution in [0.2, 0.25) is 20.1 Å². The van der Waals surface area contributed by atoms with Crippen molar-refractivity contribution in [3.63, 3.8) is 0 Å². The molecule has 2 rings (SSSR count). The van der Waals surface area contributed by atoms with Crippen molar-refractivity contribution in [2.24, 2.45) is 0 Å². The number of amides is 1. The molecule has 8 heteroatoms. The second-order valence-electron chi connectivity index (χ2n) is 5.72. The zero-order chi connectivity index (χ0) is 20.1. The molecule has 0 aromatic heterocycles. The van der Waals surface area contributed by atoms with Gasteiger partial charge in [0.15, 0.2) is 5.75 Å². The van der Waals surface area contributed by atoms with E-state index in [1.165, 1.54) is 11.0 Å². The van der Waals surface area contributed by atoms with Crippen LogP contribution in [0, 0.1) is 11.3 Å². The molecular formula is C19H14Cl4N2O2. The summed E-state index contributed by atoms with van der Waals surface area (Å²) < 4.78 is 5.69. The minimum atomic E-state index is -0.412. The van der Waals surface area contributed by atoms with E-state index in [0.29, 0.717) is 21.4 Å². The smallest absolute Gasteiger partial charge is 0.264 e. The Morgan fingerprint density at radius 2 is 1.70 bits per heavy atom. The zero-order valence-electron chi connectivity index (χ0n) is 14.4. The molecule has 0 atom stereocenters. The summed E-state index contributed by atoms with van der Waals surface area (Å²) in [5.74, 6) is -0.122. The molecule has 0 heterocycles. The van der Waals surface area contributed by atoms with Gasteiger partial charge in [0.05, 0.1) is 20.1 Å². The van der Waals surface area contributed by atoms with Gasteiger partial charge in [0.25, 0.3) is 5.91 Å². The number of ether oxygens (including phenoxy) is 1. The van der Waals surface area contributed by atoms with Gasteiger partial charge in [-0.3, -0.25) is 4.79 Å². The maximum atomic E-state index is 12.0. The van der Waals surface area contributed by atoms with E-state index in [1.807, 2.05) is 6.07 Å². The molecule has 140 valence electrons. The highest BCUT2D eigenvalue weighted by molar-refractivity contribution is 6.42. The molecule has 4 nitrogen and oxygen atoms in total. The third-order valence-corrected chi connectivity index (χ3v) is 4.76. The first-order valence-corrected chi connectivity index (χ1v) is 9.13. The minimum absolute atomic E-state index is 0.0309. The van der Waals surface area contributed by atoms with Crippen LogP contribution < -0.4 is 4.74 Å². The predicted molar refractivity (Wildman–Crippen MR) is 110 cm³/mol. The predicted octanol–water partition coefficient (Wildman–Crippen LogP) is 5.87. The summed E-state index contributed by atoms with van der Waals surface area (Å²) >= 11 is 24.4. The van der Waals surface area contributed by atoms with Crippen molar-refractivity contribution < 1.29 is 9.53 Å². The average molecular weight is 444 g/mol. The number of benzene rings is 2. The lowest BCUT2D eigenvalue weighted by molar-refractivity contribution is -0.124. The van der Waals surface area contributed by atoms with Gasteiger partial charge in [0.1, 0.15) is 18.2 Å². The van der Waals surface area contributed by atoms with Crippen LogP contribution in [0.15, 0.2) is 35.9 Å². The maximum absolute atomic E-state index is 12.0. The number of rotatable bonds is 5. The fourth-order valence-electron chi connectivity index (χ4n) is 2.14. The standard InChI is InChI=1S/C19H14Cl4N2O2/c1-25(2)19(26)13(9-24)5-12-7-16(22)18(17(23)8-12)27-10-11-3-4-14(20)15(21)6-11/h3-8H,10H2,1-2H3/b13-5-. The molecule has 1 amide bonds. The summed E-state index contributed by atoms with van der Waals surface area (Å²) in [7, 11) is 3.13. The van der Waals surface area contributed by atoms with E-state index in [1.54, 1.807) is 44.4 Å². The first-order chi connectivity index (χ1) is 12.7. The molecule has 0 bridgehead atoms. The molecule has 0 N–H and O–H groups in total. The maximum Gasteiger partial charge on any atom is 0.264 e. The largest absolute Gasteiger partial charge is 0.486 e. The van der Waals surface area contributed by atoms with Gasteiger partial charge in [-0.15, -0.1) is 0 Å². The minimum Gasteiger partial charge on any atom is -0.486 e. The molecule has 0 saturated heterocycles. The van der Waals surface area contributed by atoms with Crippen molar-refractivity contribution in [3.8, 4) is 11.8 Å². The van der Waals surface area contributed by atoms with Crippen molar-refractivity contribution in [2.45, 2.75) is 6.61 Å². The number of likely N-dealkylation sites (N-methyl/N-ethyl adjacent to an activating group) is 1. The highest BCUT2D eigenvalue weighted by Crippen LogP contribution is 2.35. The number of nitrogens with zero attached hydrogens (tertiary/aromatic N) is 2. The highest BCUT2D eigenvalue weighted by atomic mass is 35.5. The second-order valence-corrected chi connectivity index (χ2v) is 7.35. The Morgan fingerprint density at radius 3 is 2.22 bits per heavy atom. The van der Waals surface area contributed by atoms with Crippen LogP contribution in [-0.4, -0.2) is 24.9 Å². The first-order valence-electron chi connectivity index (χ1n) is 7.62. The Balaban J connectivity index is 2.25. The summed E-state index contributed by atoms with van der Waals surface area (Å²) in [6.07, 6.45) is 1.42. The van der Waals surface area contributed by atoms with E-state index >= 15 is 0 Å². The van der Waals surface area contributed by atoms with Crippen LogP contribution in [0.25, 0.3) is 6.08 Å². The van der Waals surface area contributed by atoms with Gasteiger partial charge >= 0.3 is 0 Å². The zero-order valence-corrected chi connectivity index (χ0v) is 17.4. The molecule has 0 fully saturated rings. The fraction of sp³-hybridized carbons (Fsp3) is 0.158. The molecule has 2 aromatic carbocycles. The van der Waals surface area contributed by atoms with E-state index in [9.17, 15) is 10.1 Å². The van der Waals surface area contributed by atoms with Crippen molar-refractivity contribution in [1.82, 2.24) is 4.90 Å². The van der Waals surface area contributed by atoms with Crippen LogP contribution in [-0.2, 0) is 11.4 Å². The SMILES string of the molecule is CN(C)C(=O)/C(C#N)=C\c1cc(Cl)c(OCc2ccc(Cl)c(Cl)c2)c(Cl)c1. The number of hydrogen-bond acceptors (Lipinski definition) is 3. The van der Waals surface area contributed by atoms with Crippen molar-refractivity contribution in [1.29, 1.82) is 5.26 Å². The van der Waals surface area contributed by atoms with Crippen LogP contribution in [0.3, 0.4) is 0 Å². The second kappa shape index (κ2) is 9.34. The molecule has 0 aliphatic heterocycles. The van der Waals surface area contributed by atoms with Crippen molar-refractivity contribution in [2.75, 3.05) is 14.1 Å². The van der Waals surface area contributed by atoms with E-state index < -0.39 is 5.91 Å². The Hall–Kier alpha value is -1.90. The van der Waals surface area contributed by atoms with Gasteiger partial charge in [-0.25, -0.2) is 0 Å². The molecule has 0 aliphatic carbocycles. The van der Waals surface area contributed by atoms with Crippen molar-refractivity contribution >= 4 is 58.4 Å². The Kier molecular flexibility index (Phi) is 7.41. The average Bonchev–Trinajstić information content (AvgIpc) is 2.61. The Labute approximate surface area is 177 Å². The molecule has 0 saturated carbocycles. The molecular weight excluding hydrogens is 430 g/mol. The molecule has 0 aliphatic rings. The van der Waals surface area contributed by atoms with Gasteiger partial charge < -0.3 is 9.64 Å². The summed E-state index contributed by atoms with van der Waals surface area (Å²) in [6, 6.07) is 10.1. The number of hydrogen-bond donors (Lipinski definition) is 0. The van der Waals surface area contributed by atoms with Gasteiger partial charge in [-0.2, -0.15) is 5.26 Å². The highest BCUT2D eigenvalue weighted by Gasteiger charge is 2.14. The monoisotopic (exact) mass is 442 g/mol. The summed E-state index contributed by atoms with van der Waals surface area (Å²) in [4.78, 5) is 13.3. The third-order valence-electron chi connectivity index (χ3n) is 3.46. The molecule has 0 unspecified atom stereocenters. The molecule has 2 aromatic rings. The number of halogens is 4.